The molecule has 0 aliphatic rings. The fraction of sp³-hybridized carbons (Fsp3) is 0.583. The van der Waals surface area contributed by atoms with Gasteiger partial charge in [-0.25, -0.2) is 4.79 Å². The van der Waals surface area contributed by atoms with E-state index in [0.29, 0.717) is 0 Å². The predicted octanol–water partition coefficient (Wildman–Crippen LogP) is -6.51. The van der Waals surface area contributed by atoms with Gasteiger partial charge >= 0.3 is 29.8 Å². The van der Waals surface area contributed by atoms with Crippen molar-refractivity contribution in [2.24, 2.45) is 5.73 Å². The largest absolute Gasteiger partial charge is 0.481 e. The molecule has 0 saturated heterocycles. The lowest BCUT2D eigenvalue weighted by atomic mass is 10.1. The van der Waals surface area contributed by atoms with Crippen LogP contribution in [0, 0.1) is 0 Å². The summed E-state index contributed by atoms with van der Waals surface area (Å²) in [6, 6.07) is -11.1. The van der Waals surface area contributed by atoms with E-state index >= 15 is 0 Å². The minimum atomic E-state index is -2.03. The van der Waals surface area contributed by atoms with E-state index in [1.165, 1.54) is 0 Å². The first-order valence-corrected chi connectivity index (χ1v) is 13.4. The molecule has 5 amide bonds. The summed E-state index contributed by atoms with van der Waals surface area (Å²) in [6.45, 7) is -2.34. The molecule has 0 rings (SSSR count). The molecule has 0 radical (unpaired) electrons. The molecule has 0 aromatic carbocycles. The Labute approximate surface area is 263 Å². The van der Waals surface area contributed by atoms with Gasteiger partial charge in [-0.2, -0.15) is 0 Å². The van der Waals surface area contributed by atoms with Crippen LogP contribution in [0.1, 0.15) is 38.5 Å². The number of aliphatic hydroxyl groups is 2. The van der Waals surface area contributed by atoms with Gasteiger partial charge in [0.2, 0.25) is 29.5 Å². The van der Waals surface area contributed by atoms with E-state index in [1.54, 1.807) is 0 Å². The molecule has 0 bridgehead atoms. The number of rotatable bonds is 23. The number of amides is 5. The fourth-order valence-electron chi connectivity index (χ4n) is 3.46. The molecule has 0 fully saturated rings. The maximum atomic E-state index is 12.8. The van der Waals surface area contributed by atoms with Crippen molar-refractivity contribution in [2.45, 2.75) is 74.8 Å². The van der Waals surface area contributed by atoms with Gasteiger partial charge in [-0.3, -0.25) is 43.2 Å². The highest BCUT2D eigenvalue weighted by Gasteiger charge is 2.34. The van der Waals surface area contributed by atoms with Crippen LogP contribution in [0.4, 0.5) is 0 Å². The molecule has 0 spiro atoms. The molecular formula is C24H36N6O17. The van der Waals surface area contributed by atoms with Crippen LogP contribution in [0.3, 0.4) is 0 Å². The number of hydrogen-bond acceptors (Lipinski definition) is 13. The van der Waals surface area contributed by atoms with E-state index in [2.05, 4.69) is 0 Å². The quantitative estimate of drug-likeness (QED) is 0.0477. The highest BCUT2D eigenvalue weighted by Crippen LogP contribution is 2.03. The SMILES string of the molecule is N[C@@H](CCC(=O)O)C(=O)N[C@@H](CO)C(=O)N[C@@H](CC(=O)O)C(=O)N[C@@H](CO)C(=O)N[C@@H](CC(=O)O)C(=O)N[C@@H](CCC(=O)O)C(=O)O. The monoisotopic (exact) mass is 680 g/mol. The summed E-state index contributed by atoms with van der Waals surface area (Å²) in [5.74, 6) is -14.4. The highest BCUT2D eigenvalue weighted by molar-refractivity contribution is 5.98. The summed E-state index contributed by atoms with van der Waals surface area (Å²) in [6.07, 6.45) is -4.49. The van der Waals surface area contributed by atoms with Crippen LogP contribution in [0.15, 0.2) is 0 Å². The average molecular weight is 681 g/mol. The van der Waals surface area contributed by atoms with Crippen LogP contribution in [0.2, 0.25) is 0 Å². The van der Waals surface area contributed by atoms with Crippen molar-refractivity contribution in [1.29, 1.82) is 0 Å². The molecule has 264 valence electrons. The second-order valence-corrected chi connectivity index (χ2v) is 9.68. The number of carbonyl (C=O) groups excluding carboxylic acids is 5. The summed E-state index contributed by atoms with van der Waals surface area (Å²) in [5.41, 5.74) is 5.53. The third-order valence-corrected chi connectivity index (χ3v) is 5.92. The van der Waals surface area contributed by atoms with Gasteiger partial charge in [0.25, 0.3) is 0 Å². The molecule has 0 saturated carbocycles. The molecule has 0 aliphatic carbocycles. The van der Waals surface area contributed by atoms with Gasteiger partial charge in [-0.15, -0.1) is 0 Å². The summed E-state index contributed by atoms with van der Waals surface area (Å²) in [5, 5.41) is 73.6. The summed E-state index contributed by atoms with van der Waals surface area (Å²) in [4.78, 5) is 118. The Kier molecular flexibility index (Phi) is 18.2. The number of aliphatic carboxylic acids is 5. The first-order chi connectivity index (χ1) is 21.8. The Morgan fingerprint density at radius 3 is 1.11 bits per heavy atom. The fourth-order valence-corrected chi connectivity index (χ4v) is 3.46. The molecule has 6 atom stereocenters. The Balaban J connectivity index is 5.74. The molecule has 23 heteroatoms. The normalized spacial score (nSPS) is 14.4. The topological polar surface area (TPSA) is 398 Å². The average Bonchev–Trinajstić information content (AvgIpc) is 2.97. The van der Waals surface area contributed by atoms with Crippen LogP contribution < -0.4 is 32.3 Å². The minimum absolute atomic E-state index is 0.352. The Bertz CT molecular complexity index is 1210. The maximum absolute atomic E-state index is 12.8. The van der Waals surface area contributed by atoms with Gasteiger partial charge < -0.3 is 68.1 Å². The van der Waals surface area contributed by atoms with E-state index in [9.17, 15) is 68.4 Å². The molecule has 0 aromatic heterocycles. The third-order valence-electron chi connectivity index (χ3n) is 5.92. The molecule has 14 N–H and O–H groups in total. The minimum Gasteiger partial charge on any atom is -0.481 e. The number of nitrogens with two attached hydrogens (primary N) is 1. The zero-order valence-corrected chi connectivity index (χ0v) is 24.4. The molecule has 23 nitrogen and oxygen atoms in total. The summed E-state index contributed by atoms with van der Waals surface area (Å²) in [7, 11) is 0. The van der Waals surface area contributed by atoms with Crippen molar-refractivity contribution in [3.63, 3.8) is 0 Å². The van der Waals surface area contributed by atoms with E-state index in [0.717, 1.165) is 0 Å². The van der Waals surface area contributed by atoms with Crippen molar-refractivity contribution in [3.8, 4) is 0 Å². The highest BCUT2D eigenvalue weighted by atomic mass is 16.4. The van der Waals surface area contributed by atoms with Crippen LogP contribution in [-0.2, 0) is 47.9 Å². The van der Waals surface area contributed by atoms with Gasteiger partial charge in [0, 0.05) is 12.8 Å². The number of carboxylic acid groups (broad SMARTS) is 5. The first-order valence-electron chi connectivity index (χ1n) is 13.4. The molecule has 0 aromatic rings. The Morgan fingerprint density at radius 1 is 0.447 bits per heavy atom. The summed E-state index contributed by atoms with van der Waals surface area (Å²) < 4.78 is 0. The molecule has 47 heavy (non-hydrogen) atoms. The first kappa shape index (κ1) is 41.6. The van der Waals surface area contributed by atoms with Crippen molar-refractivity contribution in [3.05, 3.63) is 0 Å². The summed E-state index contributed by atoms with van der Waals surface area (Å²) >= 11 is 0. The standard InChI is InChI=1S/C24H36N6O17/c25-9(1-3-15(33)34)19(41)29-13(7-31)22(44)28-12(6-18(39)40)21(43)30-14(8-32)23(45)27-11(5-17(37)38)20(42)26-10(24(46)47)2-4-16(35)36/h9-14,31-32H,1-8,25H2,(H,26,42)(H,27,45)(H,28,44)(H,29,41)(H,30,43)(H,33,34)(H,35,36)(H,37,38)(H,39,40)(H,46,47)/t9-,10-,11-,12-,13-,14-/m0/s1. The molecule has 0 aliphatic heterocycles. The molecular weight excluding hydrogens is 644 g/mol. The van der Waals surface area contributed by atoms with E-state index in [1.807, 2.05) is 26.6 Å². The molecule has 0 unspecified atom stereocenters. The number of carbonyl (C=O) groups is 10. The van der Waals surface area contributed by atoms with Crippen LogP contribution >= 0.6 is 0 Å². The van der Waals surface area contributed by atoms with Gasteiger partial charge in [0.05, 0.1) is 32.1 Å². The smallest absolute Gasteiger partial charge is 0.326 e. The molecule has 0 heterocycles. The van der Waals surface area contributed by atoms with Gasteiger partial charge in [0.15, 0.2) is 0 Å². The lowest BCUT2D eigenvalue weighted by Gasteiger charge is -2.25. The van der Waals surface area contributed by atoms with E-state index in [-0.39, 0.29) is 6.42 Å². The lowest BCUT2D eigenvalue weighted by Crippen LogP contribution is -2.60. The zero-order valence-electron chi connectivity index (χ0n) is 24.4. The third kappa shape index (κ3) is 16.5. The van der Waals surface area contributed by atoms with Gasteiger partial charge in [0.1, 0.15) is 30.2 Å². The number of nitrogens with one attached hydrogen (secondary N) is 5. The van der Waals surface area contributed by atoms with Crippen molar-refractivity contribution < 1.29 is 83.7 Å². The van der Waals surface area contributed by atoms with Crippen LogP contribution in [-0.4, -0.2) is 145 Å². The van der Waals surface area contributed by atoms with Gasteiger partial charge in [-0.05, 0) is 12.8 Å². The van der Waals surface area contributed by atoms with E-state index < -0.39 is 141 Å². The second-order valence-electron chi connectivity index (χ2n) is 9.68. The predicted molar refractivity (Wildman–Crippen MR) is 148 cm³/mol. The van der Waals surface area contributed by atoms with Crippen molar-refractivity contribution in [1.82, 2.24) is 26.6 Å². The Morgan fingerprint density at radius 2 is 0.766 bits per heavy atom. The number of hydrogen-bond donors (Lipinski definition) is 13. The second kappa shape index (κ2) is 20.6. The van der Waals surface area contributed by atoms with E-state index in [4.69, 9.17) is 21.1 Å². The van der Waals surface area contributed by atoms with Crippen LogP contribution in [0.5, 0.6) is 0 Å². The zero-order chi connectivity index (χ0) is 36.4. The number of aliphatic hydroxyl groups excluding tert-OH is 2. The van der Waals surface area contributed by atoms with Gasteiger partial charge in [-0.1, -0.05) is 0 Å². The number of carboxylic acids is 5. The van der Waals surface area contributed by atoms with Crippen LogP contribution in [0.25, 0.3) is 0 Å². The van der Waals surface area contributed by atoms with Crippen molar-refractivity contribution >= 4 is 59.4 Å². The van der Waals surface area contributed by atoms with Crippen molar-refractivity contribution in [2.75, 3.05) is 13.2 Å². The maximum Gasteiger partial charge on any atom is 0.326 e. The Hall–Kier alpha value is -5.42. The lowest BCUT2D eigenvalue weighted by molar-refractivity contribution is -0.144.